The average molecular weight is 309 g/mol. The van der Waals surface area contributed by atoms with E-state index in [1.807, 2.05) is 0 Å². The minimum atomic E-state index is -0.363. The molecular weight excluding hydrogens is 281 g/mol. The van der Waals surface area contributed by atoms with Gasteiger partial charge in [0.1, 0.15) is 5.83 Å². The number of rotatable bonds is 7. The third kappa shape index (κ3) is 4.80. The van der Waals surface area contributed by atoms with E-state index in [0.29, 0.717) is 25.0 Å². The predicted octanol–water partition coefficient (Wildman–Crippen LogP) is 4.28. The van der Waals surface area contributed by atoms with Crippen molar-refractivity contribution in [1.29, 1.82) is 0 Å². The Balaban J connectivity index is 2.91. The number of halogens is 1. The van der Waals surface area contributed by atoms with Crippen LogP contribution in [0.1, 0.15) is 47.0 Å². The highest BCUT2D eigenvalue weighted by Gasteiger charge is 2.27. The van der Waals surface area contributed by atoms with Crippen LogP contribution in [0.4, 0.5) is 4.39 Å². The first kappa shape index (κ1) is 18.6. The summed E-state index contributed by atoms with van der Waals surface area (Å²) in [6.45, 7) is 12.9. The minimum absolute atomic E-state index is 0.132. The van der Waals surface area contributed by atoms with Gasteiger partial charge in [-0.3, -0.25) is 4.79 Å². The molecule has 1 amide bonds. The van der Waals surface area contributed by atoms with Crippen LogP contribution in [0.25, 0.3) is 0 Å². The van der Waals surface area contributed by atoms with Crippen molar-refractivity contribution < 1.29 is 13.9 Å². The zero-order valence-electron chi connectivity index (χ0n) is 14.2. The maximum absolute atomic E-state index is 13.3. The predicted molar refractivity (Wildman–Crippen MR) is 87.8 cm³/mol. The third-order valence-corrected chi connectivity index (χ3v) is 4.32. The van der Waals surface area contributed by atoms with Crippen LogP contribution in [0.2, 0.25) is 0 Å². The normalized spacial score (nSPS) is 20.8. The van der Waals surface area contributed by atoms with E-state index in [9.17, 15) is 9.18 Å². The van der Waals surface area contributed by atoms with Crippen LogP contribution in [0, 0.1) is 11.8 Å². The molecule has 0 spiro atoms. The van der Waals surface area contributed by atoms with Crippen LogP contribution in [-0.2, 0) is 9.53 Å². The fourth-order valence-corrected chi connectivity index (χ4v) is 2.66. The molecule has 0 bridgehead atoms. The Kier molecular flexibility index (Phi) is 7.52. The molecule has 0 aromatic rings. The fraction of sp³-hybridized carbons (Fsp3) is 0.611. The molecular formula is C18H28FNO2. The van der Waals surface area contributed by atoms with Gasteiger partial charge in [0.05, 0.1) is 13.2 Å². The Morgan fingerprint density at radius 3 is 2.73 bits per heavy atom. The molecule has 2 atom stereocenters. The molecule has 22 heavy (non-hydrogen) atoms. The van der Waals surface area contributed by atoms with Crippen LogP contribution in [-0.4, -0.2) is 19.1 Å². The van der Waals surface area contributed by atoms with E-state index in [2.05, 4.69) is 32.7 Å². The third-order valence-electron chi connectivity index (χ3n) is 4.32. The monoisotopic (exact) mass is 309 g/mol. The molecule has 0 aromatic carbocycles. The molecule has 2 unspecified atom stereocenters. The number of hydrogen-bond donors (Lipinski definition) is 1. The van der Waals surface area contributed by atoms with Crippen LogP contribution in [0.3, 0.4) is 0 Å². The second-order valence-electron chi connectivity index (χ2n) is 5.79. The number of carbonyl (C=O) groups excluding carboxylic acids is 1. The molecule has 0 aromatic heterocycles. The summed E-state index contributed by atoms with van der Waals surface area (Å²) in [4.78, 5) is 12.2. The van der Waals surface area contributed by atoms with Gasteiger partial charge in [0.2, 0.25) is 0 Å². The summed E-state index contributed by atoms with van der Waals surface area (Å²) in [5.74, 6) is 0.123. The Bertz CT molecular complexity index is 479. The summed E-state index contributed by atoms with van der Waals surface area (Å²) in [6, 6.07) is 0. The van der Waals surface area contributed by atoms with Crippen molar-refractivity contribution in [3.8, 4) is 0 Å². The first-order valence-corrected chi connectivity index (χ1v) is 8.10. The molecule has 1 aliphatic heterocycles. The molecule has 0 fully saturated rings. The van der Waals surface area contributed by atoms with Crippen molar-refractivity contribution in [3.05, 3.63) is 35.3 Å². The van der Waals surface area contributed by atoms with Crippen LogP contribution >= 0.6 is 0 Å². The average Bonchev–Trinajstić information content (AvgIpc) is 2.53. The summed E-state index contributed by atoms with van der Waals surface area (Å²) in [7, 11) is 0. The Hall–Kier alpha value is -1.42. The van der Waals surface area contributed by atoms with Crippen LogP contribution < -0.4 is 5.32 Å². The summed E-state index contributed by atoms with van der Waals surface area (Å²) in [5, 5.41) is 2.86. The fourth-order valence-electron chi connectivity index (χ4n) is 2.66. The minimum Gasteiger partial charge on any atom is -0.375 e. The topological polar surface area (TPSA) is 38.3 Å². The van der Waals surface area contributed by atoms with Gasteiger partial charge in [0.25, 0.3) is 5.91 Å². The second-order valence-corrected chi connectivity index (χ2v) is 5.79. The molecule has 124 valence electrons. The molecule has 3 nitrogen and oxygen atoms in total. The molecule has 1 heterocycles. The largest absolute Gasteiger partial charge is 0.375 e. The standard InChI is InChI=1S/C18H28FNO2/c1-6-12(4)16-10-22-11-17(15(16)8-3)20-18(21)13(5)9-14(19)7-2/h9,12,16H,5-8,10-11H2,1-4H3,(H,20,21)/b14-9+. The highest BCUT2D eigenvalue weighted by atomic mass is 19.1. The van der Waals surface area contributed by atoms with Gasteiger partial charge in [-0.15, -0.1) is 0 Å². The van der Waals surface area contributed by atoms with Gasteiger partial charge in [0.15, 0.2) is 0 Å². The lowest BCUT2D eigenvalue weighted by Gasteiger charge is -2.32. The van der Waals surface area contributed by atoms with Crippen molar-refractivity contribution >= 4 is 5.91 Å². The molecule has 0 aliphatic carbocycles. The summed E-state index contributed by atoms with van der Waals surface area (Å²) < 4.78 is 18.9. The lowest BCUT2D eigenvalue weighted by Crippen LogP contribution is -2.35. The van der Waals surface area contributed by atoms with Crippen molar-refractivity contribution in [1.82, 2.24) is 5.32 Å². The molecule has 1 N–H and O–H groups in total. The zero-order valence-corrected chi connectivity index (χ0v) is 14.2. The van der Waals surface area contributed by atoms with E-state index in [-0.39, 0.29) is 23.7 Å². The molecule has 1 aliphatic rings. The number of carbonyl (C=O) groups is 1. The van der Waals surface area contributed by atoms with Crippen molar-refractivity contribution in [3.63, 3.8) is 0 Å². The number of hydrogen-bond acceptors (Lipinski definition) is 2. The Morgan fingerprint density at radius 1 is 1.50 bits per heavy atom. The van der Waals surface area contributed by atoms with Crippen LogP contribution in [0.5, 0.6) is 0 Å². The first-order chi connectivity index (χ1) is 10.4. The summed E-state index contributed by atoms with van der Waals surface area (Å²) in [5.41, 5.74) is 2.19. The van der Waals surface area contributed by atoms with Crippen molar-refractivity contribution in [2.75, 3.05) is 13.2 Å². The second kappa shape index (κ2) is 8.89. The van der Waals surface area contributed by atoms with E-state index >= 15 is 0 Å². The van der Waals surface area contributed by atoms with E-state index in [0.717, 1.165) is 18.5 Å². The van der Waals surface area contributed by atoms with Gasteiger partial charge in [-0.1, -0.05) is 40.7 Å². The number of ether oxygens (including phenoxy) is 1. The van der Waals surface area contributed by atoms with Gasteiger partial charge < -0.3 is 10.1 Å². The number of amides is 1. The van der Waals surface area contributed by atoms with E-state index in [1.165, 1.54) is 11.6 Å². The molecule has 1 rings (SSSR count). The first-order valence-electron chi connectivity index (χ1n) is 8.10. The van der Waals surface area contributed by atoms with Crippen molar-refractivity contribution in [2.24, 2.45) is 11.8 Å². The maximum Gasteiger partial charge on any atom is 0.254 e. The number of allylic oxidation sites excluding steroid dienone is 1. The maximum atomic E-state index is 13.3. The van der Waals surface area contributed by atoms with Crippen molar-refractivity contribution in [2.45, 2.75) is 47.0 Å². The smallest absolute Gasteiger partial charge is 0.254 e. The van der Waals surface area contributed by atoms with Gasteiger partial charge in [0, 0.05) is 17.2 Å². The Labute approximate surface area is 133 Å². The summed E-state index contributed by atoms with van der Waals surface area (Å²) in [6.07, 6.45) is 3.39. The Morgan fingerprint density at radius 2 is 2.18 bits per heavy atom. The molecule has 4 heteroatoms. The lowest BCUT2D eigenvalue weighted by atomic mass is 9.82. The lowest BCUT2D eigenvalue weighted by molar-refractivity contribution is -0.116. The molecule has 0 saturated heterocycles. The molecule has 0 radical (unpaired) electrons. The van der Waals surface area contributed by atoms with Crippen LogP contribution in [0.15, 0.2) is 35.3 Å². The highest BCUT2D eigenvalue weighted by molar-refractivity contribution is 5.96. The highest BCUT2D eigenvalue weighted by Crippen LogP contribution is 2.31. The zero-order chi connectivity index (χ0) is 16.7. The van der Waals surface area contributed by atoms with E-state index < -0.39 is 0 Å². The van der Waals surface area contributed by atoms with E-state index in [4.69, 9.17) is 4.74 Å². The summed E-state index contributed by atoms with van der Waals surface area (Å²) >= 11 is 0. The van der Waals surface area contributed by atoms with E-state index in [1.54, 1.807) is 6.92 Å². The SMILES string of the molecule is C=C(/C=C(/F)CC)C(=O)NC1=C(CC)C(C(C)CC)COC1. The van der Waals surface area contributed by atoms with Gasteiger partial charge in [-0.25, -0.2) is 4.39 Å². The van der Waals surface area contributed by atoms with Gasteiger partial charge >= 0.3 is 0 Å². The van der Waals surface area contributed by atoms with Gasteiger partial charge in [-0.2, -0.15) is 0 Å². The van der Waals surface area contributed by atoms with Gasteiger partial charge in [-0.05, 0) is 30.4 Å². The molecule has 0 saturated carbocycles. The number of nitrogens with one attached hydrogen (secondary N) is 1. The quantitative estimate of drug-likeness (QED) is 0.563.